The van der Waals surface area contributed by atoms with Crippen LogP contribution in [0.4, 0.5) is 0 Å². The highest BCUT2D eigenvalue weighted by molar-refractivity contribution is 7.59. The number of carbonyl (C=O) groups excluding carboxylic acids is 5. The summed E-state index contributed by atoms with van der Waals surface area (Å²) in [4.78, 5) is 76.3. The molecule has 4 rings (SSSR count). The lowest BCUT2D eigenvalue weighted by Crippen LogP contribution is -2.58. The highest BCUT2D eigenvalue weighted by Crippen LogP contribution is 2.23. The number of amides is 4. The van der Waals surface area contributed by atoms with Gasteiger partial charge < -0.3 is 32.7 Å². The molecule has 1 heterocycles. The van der Waals surface area contributed by atoms with Crippen molar-refractivity contribution >= 4 is 111 Å². The van der Waals surface area contributed by atoms with Gasteiger partial charge in [-0.15, -0.1) is 11.3 Å². The number of para-hydroxylation sites is 1. The molecule has 0 saturated carbocycles. The van der Waals surface area contributed by atoms with Gasteiger partial charge in [0.25, 0.3) is 0 Å². The van der Waals surface area contributed by atoms with Crippen molar-refractivity contribution in [3.8, 4) is 0 Å². The Hall–Kier alpha value is -4.23. The van der Waals surface area contributed by atoms with E-state index in [1.807, 2.05) is 98.8 Å². The summed E-state index contributed by atoms with van der Waals surface area (Å²) in [5.41, 5.74) is 13.3. The largest absolute Gasteiger partial charge is 0.370 e. The molecule has 3 aromatic carbocycles. The molecule has 0 saturated heterocycles. The zero-order valence-corrected chi connectivity index (χ0v) is 37.0. The van der Waals surface area contributed by atoms with E-state index in [2.05, 4.69) is 31.2 Å². The monoisotopic (exact) mass is 876 g/mol. The van der Waals surface area contributed by atoms with E-state index in [1.54, 1.807) is 0 Å². The molecule has 0 aliphatic rings. The summed E-state index contributed by atoms with van der Waals surface area (Å²) < 4.78 is 0.832. The number of benzene rings is 3. The first-order valence-electron chi connectivity index (χ1n) is 17.6. The summed E-state index contributed by atoms with van der Waals surface area (Å²) in [6.07, 6.45) is 1.18. The van der Waals surface area contributed by atoms with E-state index in [1.165, 1.54) is 18.3 Å². The number of hydrogen-bond acceptors (Lipinski definition) is 8. The van der Waals surface area contributed by atoms with Crippen LogP contribution < -0.4 is 32.7 Å². The molecule has 312 valence electrons. The first-order chi connectivity index (χ1) is 25.4. The summed E-state index contributed by atoms with van der Waals surface area (Å²) >= 11 is 1.23. The fraction of sp³-hybridized carbons (Fsp3) is 0.359. The van der Waals surface area contributed by atoms with Crippen molar-refractivity contribution in [1.82, 2.24) is 26.3 Å². The molecule has 0 aliphatic heterocycles. The van der Waals surface area contributed by atoms with Gasteiger partial charge in [0.2, 0.25) is 29.4 Å². The van der Waals surface area contributed by atoms with Gasteiger partial charge in [-0.1, -0.05) is 86.6 Å². The Morgan fingerprint density at radius 3 is 1.65 bits per heavy atom. The molecule has 4 aromatic rings. The van der Waals surface area contributed by atoms with Crippen LogP contribution in [0.15, 0.2) is 89.9 Å². The molecule has 4 atom stereocenters. The number of aromatic nitrogens is 1. The quantitative estimate of drug-likeness (QED) is 0.0355. The SMILES string of the molecule is CC(=O)N[C@@H](Cc1ccccc1)C(=O)N[C@@H](CC(C)C)C(=O)N[C@@H](Cc1ccccc1)C(=O)N[C@@H](CCCN=C(N)N)C(=O)c1nc2ccccc2s1.S.S.S.S. The minimum absolute atomic E-state index is 0. The van der Waals surface area contributed by atoms with Crippen LogP contribution in [0.3, 0.4) is 0 Å². The number of rotatable bonds is 19. The molecule has 0 spiro atoms. The van der Waals surface area contributed by atoms with Crippen molar-refractivity contribution < 1.29 is 24.0 Å². The number of carbonyl (C=O) groups is 5. The number of nitrogens with two attached hydrogens (primary N) is 2. The van der Waals surface area contributed by atoms with Gasteiger partial charge in [-0.3, -0.25) is 29.0 Å². The van der Waals surface area contributed by atoms with Crippen molar-refractivity contribution in [3.63, 3.8) is 0 Å². The van der Waals surface area contributed by atoms with Gasteiger partial charge in [-0.25, -0.2) is 4.98 Å². The second-order valence-corrected chi connectivity index (χ2v) is 14.3. The Morgan fingerprint density at radius 1 is 0.667 bits per heavy atom. The lowest BCUT2D eigenvalue weighted by molar-refractivity contribution is -0.133. The second kappa shape index (κ2) is 26.6. The van der Waals surface area contributed by atoms with Gasteiger partial charge in [0.05, 0.1) is 16.3 Å². The van der Waals surface area contributed by atoms with Crippen LogP contribution in [0, 0.1) is 5.92 Å². The molecule has 0 fully saturated rings. The van der Waals surface area contributed by atoms with Gasteiger partial charge in [-0.2, -0.15) is 54.0 Å². The third kappa shape index (κ3) is 17.4. The van der Waals surface area contributed by atoms with Crippen LogP contribution in [0.1, 0.15) is 61.0 Å². The first-order valence-corrected chi connectivity index (χ1v) is 18.4. The second-order valence-electron chi connectivity index (χ2n) is 13.2. The summed E-state index contributed by atoms with van der Waals surface area (Å²) in [5, 5.41) is 11.5. The highest BCUT2D eigenvalue weighted by atomic mass is 32.1. The van der Waals surface area contributed by atoms with Gasteiger partial charge in [-0.05, 0) is 48.4 Å². The molecule has 0 bridgehead atoms. The van der Waals surface area contributed by atoms with Gasteiger partial charge in [0, 0.05) is 26.3 Å². The molecule has 8 N–H and O–H groups in total. The van der Waals surface area contributed by atoms with Crippen molar-refractivity contribution in [1.29, 1.82) is 0 Å². The molecule has 1 aromatic heterocycles. The number of nitrogens with one attached hydrogen (secondary N) is 4. The summed E-state index contributed by atoms with van der Waals surface area (Å²) in [5.74, 6) is -2.55. The first kappa shape index (κ1) is 52.8. The molecular weight excluding hydrogens is 821 g/mol. The van der Waals surface area contributed by atoms with E-state index in [4.69, 9.17) is 11.5 Å². The van der Waals surface area contributed by atoms with Crippen molar-refractivity contribution in [2.24, 2.45) is 22.4 Å². The lowest BCUT2D eigenvalue weighted by Gasteiger charge is -2.27. The zero-order chi connectivity index (χ0) is 38.3. The van der Waals surface area contributed by atoms with Crippen LogP contribution in [-0.4, -0.2) is 71.1 Å². The number of guanidine groups is 1. The summed E-state index contributed by atoms with van der Waals surface area (Å²) in [7, 11) is 0. The maximum absolute atomic E-state index is 14.1. The summed E-state index contributed by atoms with van der Waals surface area (Å²) in [6.45, 7) is 5.39. The Labute approximate surface area is 366 Å². The molecule has 18 heteroatoms. The lowest BCUT2D eigenvalue weighted by atomic mass is 9.99. The van der Waals surface area contributed by atoms with Gasteiger partial charge >= 0.3 is 0 Å². The predicted octanol–water partition coefficient (Wildman–Crippen LogP) is 3.47. The minimum atomic E-state index is -1.12. The molecule has 57 heavy (non-hydrogen) atoms. The molecular formula is C39H56N8O5S5. The number of hydrogen-bond donors (Lipinski definition) is 6. The Kier molecular flexibility index (Phi) is 24.7. The highest BCUT2D eigenvalue weighted by Gasteiger charge is 2.32. The third-order valence-corrected chi connectivity index (χ3v) is 9.37. The van der Waals surface area contributed by atoms with E-state index in [-0.39, 0.29) is 109 Å². The van der Waals surface area contributed by atoms with E-state index in [0.717, 1.165) is 15.8 Å². The third-order valence-electron chi connectivity index (χ3n) is 8.32. The number of thiazole rings is 1. The number of Topliss-reactive ketones (excluding diaryl/α,β-unsaturated/α-hetero) is 1. The van der Waals surface area contributed by atoms with Crippen LogP contribution in [-0.2, 0) is 32.0 Å². The Bertz CT molecular complexity index is 1860. The topological polar surface area (TPSA) is 211 Å². The maximum atomic E-state index is 14.1. The zero-order valence-electron chi connectivity index (χ0n) is 32.2. The van der Waals surface area contributed by atoms with Crippen LogP contribution in [0.5, 0.6) is 0 Å². The molecule has 0 radical (unpaired) electrons. The summed E-state index contributed by atoms with van der Waals surface area (Å²) in [6, 6.07) is 21.7. The predicted molar refractivity (Wildman–Crippen MR) is 249 cm³/mol. The average Bonchev–Trinajstić information content (AvgIpc) is 3.56. The van der Waals surface area contributed by atoms with Crippen molar-refractivity contribution in [3.05, 3.63) is 101 Å². The number of aliphatic imine (C=N–C) groups is 1. The van der Waals surface area contributed by atoms with Crippen LogP contribution >= 0.6 is 65.3 Å². The van der Waals surface area contributed by atoms with Crippen LogP contribution in [0.25, 0.3) is 10.2 Å². The van der Waals surface area contributed by atoms with Gasteiger partial charge in [0.1, 0.15) is 18.1 Å². The van der Waals surface area contributed by atoms with Gasteiger partial charge in [0.15, 0.2) is 11.0 Å². The van der Waals surface area contributed by atoms with Crippen molar-refractivity contribution in [2.45, 2.75) is 77.0 Å². The molecule has 0 aliphatic carbocycles. The number of nitrogens with zero attached hydrogens (tertiary/aromatic N) is 2. The van der Waals surface area contributed by atoms with E-state index in [9.17, 15) is 24.0 Å². The van der Waals surface area contributed by atoms with Crippen molar-refractivity contribution in [2.75, 3.05) is 6.54 Å². The minimum Gasteiger partial charge on any atom is -0.370 e. The molecule has 13 nitrogen and oxygen atoms in total. The molecule has 4 amide bonds. The number of fused-ring (bicyclic) bond motifs is 1. The fourth-order valence-electron chi connectivity index (χ4n) is 5.78. The van der Waals surface area contributed by atoms with E-state index >= 15 is 0 Å². The standard InChI is InChI=1S/C39H48N8O5S.4H2S/c1-24(2)21-30(45-36(51)31(43-25(3)48)22-26-13-6-4-7-14-26)35(50)46-32(23-27-15-8-5-9-16-27)37(52)44-29(18-12-20-42-39(40)41)34(49)38-47-28-17-10-11-19-33(28)53-38;;;;/h4-11,13-17,19,24,29-32H,12,18,20-23H2,1-3H3,(H,43,48)(H,44,52)(H,45,51)(H,46,50)(H4,40,41,42);4*1H2/t29-,30-,31-,32-;;;;/m0..../s1. The fourth-order valence-corrected chi connectivity index (χ4v) is 6.74. The number of ketones is 1. The maximum Gasteiger partial charge on any atom is 0.243 e. The van der Waals surface area contributed by atoms with E-state index in [0.29, 0.717) is 11.9 Å². The van der Waals surface area contributed by atoms with Crippen LogP contribution in [0.2, 0.25) is 0 Å². The Morgan fingerprint density at radius 2 is 1.14 bits per heavy atom. The molecule has 0 unspecified atom stereocenters. The normalized spacial score (nSPS) is 12.4. The smallest absolute Gasteiger partial charge is 0.243 e. The Balaban J connectivity index is 0.00000784. The van der Waals surface area contributed by atoms with E-state index < -0.39 is 47.8 Å². The average molecular weight is 877 g/mol.